The SMILES string of the molecule is CN(CCNC(=O)C1C=CC(N)C1)C1CC1. The Balaban J connectivity index is 1.62. The minimum absolute atomic E-state index is 0.0127. The van der Waals surface area contributed by atoms with Crippen molar-refractivity contribution in [3.05, 3.63) is 12.2 Å². The zero-order chi connectivity index (χ0) is 11.5. The number of amides is 1. The molecular formula is C12H21N3O. The van der Waals surface area contributed by atoms with Crippen LogP contribution in [0.3, 0.4) is 0 Å². The molecule has 0 bridgehead atoms. The van der Waals surface area contributed by atoms with Crippen LogP contribution >= 0.6 is 0 Å². The van der Waals surface area contributed by atoms with E-state index in [1.54, 1.807) is 0 Å². The molecule has 2 rings (SSSR count). The van der Waals surface area contributed by atoms with E-state index < -0.39 is 0 Å². The van der Waals surface area contributed by atoms with Crippen molar-refractivity contribution in [1.29, 1.82) is 0 Å². The average Bonchev–Trinajstić information content (AvgIpc) is 3.01. The van der Waals surface area contributed by atoms with Crippen molar-refractivity contribution in [2.45, 2.75) is 31.3 Å². The standard InChI is InChI=1S/C12H21N3O/c1-15(11-4-5-11)7-6-14-12(16)9-2-3-10(13)8-9/h2-3,9-11H,4-8,13H2,1H3,(H,14,16). The van der Waals surface area contributed by atoms with Gasteiger partial charge in [-0.3, -0.25) is 4.79 Å². The maximum Gasteiger partial charge on any atom is 0.227 e. The molecule has 0 saturated heterocycles. The van der Waals surface area contributed by atoms with Crippen LogP contribution in [0.5, 0.6) is 0 Å². The molecular weight excluding hydrogens is 202 g/mol. The van der Waals surface area contributed by atoms with E-state index in [4.69, 9.17) is 5.73 Å². The van der Waals surface area contributed by atoms with Crippen molar-refractivity contribution in [2.75, 3.05) is 20.1 Å². The van der Waals surface area contributed by atoms with Crippen molar-refractivity contribution < 1.29 is 4.79 Å². The summed E-state index contributed by atoms with van der Waals surface area (Å²) in [6, 6.07) is 0.821. The maximum absolute atomic E-state index is 11.7. The van der Waals surface area contributed by atoms with Gasteiger partial charge in [-0.05, 0) is 26.3 Å². The fraction of sp³-hybridized carbons (Fsp3) is 0.750. The molecule has 4 heteroatoms. The molecule has 0 aromatic carbocycles. The largest absolute Gasteiger partial charge is 0.354 e. The van der Waals surface area contributed by atoms with E-state index >= 15 is 0 Å². The molecule has 1 fully saturated rings. The van der Waals surface area contributed by atoms with Gasteiger partial charge in [0.25, 0.3) is 0 Å². The summed E-state index contributed by atoms with van der Waals surface area (Å²) in [5, 5.41) is 2.97. The molecule has 1 saturated carbocycles. The first kappa shape index (κ1) is 11.6. The highest BCUT2D eigenvalue weighted by molar-refractivity contribution is 5.81. The van der Waals surface area contributed by atoms with Gasteiger partial charge in [0, 0.05) is 25.2 Å². The molecule has 16 heavy (non-hydrogen) atoms. The van der Waals surface area contributed by atoms with E-state index in [1.165, 1.54) is 12.8 Å². The summed E-state index contributed by atoms with van der Waals surface area (Å²) < 4.78 is 0. The Morgan fingerprint density at radius 2 is 2.25 bits per heavy atom. The van der Waals surface area contributed by atoms with Crippen LogP contribution < -0.4 is 11.1 Å². The number of hydrogen-bond acceptors (Lipinski definition) is 3. The lowest BCUT2D eigenvalue weighted by Gasteiger charge is -2.16. The Bertz CT molecular complexity index is 286. The molecule has 2 atom stereocenters. The Morgan fingerprint density at radius 3 is 2.81 bits per heavy atom. The van der Waals surface area contributed by atoms with Crippen LogP contribution in [0.4, 0.5) is 0 Å². The smallest absolute Gasteiger partial charge is 0.227 e. The van der Waals surface area contributed by atoms with Crippen LogP contribution in [0.1, 0.15) is 19.3 Å². The second-order valence-electron chi connectivity index (χ2n) is 4.89. The molecule has 0 heterocycles. The van der Waals surface area contributed by atoms with Gasteiger partial charge < -0.3 is 16.0 Å². The van der Waals surface area contributed by atoms with Crippen molar-refractivity contribution in [2.24, 2.45) is 11.7 Å². The lowest BCUT2D eigenvalue weighted by Crippen LogP contribution is -2.37. The van der Waals surface area contributed by atoms with Gasteiger partial charge in [0.15, 0.2) is 0 Å². The van der Waals surface area contributed by atoms with Crippen LogP contribution in [0.25, 0.3) is 0 Å². The maximum atomic E-state index is 11.7. The highest BCUT2D eigenvalue weighted by Crippen LogP contribution is 2.24. The third-order valence-electron chi connectivity index (χ3n) is 3.39. The third kappa shape index (κ3) is 3.06. The summed E-state index contributed by atoms with van der Waals surface area (Å²) in [7, 11) is 2.12. The molecule has 2 aliphatic carbocycles. The van der Waals surface area contributed by atoms with Gasteiger partial charge in [0.05, 0.1) is 5.92 Å². The summed E-state index contributed by atoms with van der Waals surface area (Å²) in [6.45, 7) is 1.68. The lowest BCUT2D eigenvalue weighted by molar-refractivity contribution is -0.123. The molecule has 0 aromatic rings. The number of nitrogens with two attached hydrogens (primary N) is 1. The van der Waals surface area contributed by atoms with Crippen molar-refractivity contribution in [3.8, 4) is 0 Å². The van der Waals surface area contributed by atoms with Gasteiger partial charge in [-0.2, -0.15) is 0 Å². The Hall–Kier alpha value is -0.870. The highest BCUT2D eigenvalue weighted by atomic mass is 16.1. The Labute approximate surface area is 96.9 Å². The summed E-state index contributed by atoms with van der Waals surface area (Å²) in [4.78, 5) is 14.0. The number of hydrogen-bond donors (Lipinski definition) is 2. The molecule has 0 spiro atoms. The molecule has 1 amide bonds. The molecule has 4 nitrogen and oxygen atoms in total. The number of carbonyl (C=O) groups is 1. The van der Waals surface area contributed by atoms with E-state index in [0.29, 0.717) is 0 Å². The molecule has 3 N–H and O–H groups in total. The molecule has 90 valence electrons. The molecule has 2 aliphatic rings. The minimum Gasteiger partial charge on any atom is -0.354 e. The first-order chi connectivity index (χ1) is 7.66. The van der Waals surface area contributed by atoms with E-state index in [-0.39, 0.29) is 17.9 Å². The third-order valence-corrected chi connectivity index (χ3v) is 3.39. The summed E-state index contributed by atoms with van der Waals surface area (Å²) >= 11 is 0. The molecule has 0 aromatic heterocycles. The molecule has 0 radical (unpaired) electrons. The van der Waals surface area contributed by atoms with Crippen LogP contribution in [0.2, 0.25) is 0 Å². The summed E-state index contributed by atoms with van der Waals surface area (Å²) in [6.07, 6.45) is 7.21. The van der Waals surface area contributed by atoms with Crippen LogP contribution in [-0.2, 0) is 4.79 Å². The van der Waals surface area contributed by atoms with E-state index in [9.17, 15) is 4.79 Å². The van der Waals surface area contributed by atoms with Crippen LogP contribution in [0, 0.1) is 5.92 Å². The summed E-state index contributed by atoms with van der Waals surface area (Å²) in [5.41, 5.74) is 5.71. The Kier molecular flexibility index (Phi) is 3.61. The van der Waals surface area contributed by atoms with Crippen molar-refractivity contribution >= 4 is 5.91 Å². The number of nitrogens with one attached hydrogen (secondary N) is 1. The number of rotatable bonds is 5. The van der Waals surface area contributed by atoms with Gasteiger partial charge in [0.2, 0.25) is 5.91 Å². The first-order valence-electron chi connectivity index (χ1n) is 6.08. The quantitative estimate of drug-likeness (QED) is 0.650. The fourth-order valence-corrected chi connectivity index (χ4v) is 2.11. The fourth-order valence-electron chi connectivity index (χ4n) is 2.11. The van der Waals surface area contributed by atoms with Crippen molar-refractivity contribution in [3.63, 3.8) is 0 Å². The minimum atomic E-state index is -0.0127. The second-order valence-corrected chi connectivity index (χ2v) is 4.89. The molecule has 2 unspecified atom stereocenters. The number of likely N-dealkylation sites (N-methyl/N-ethyl adjacent to an activating group) is 1. The first-order valence-corrected chi connectivity index (χ1v) is 6.08. The second kappa shape index (κ2) is 4.97. The number of carbonyl (C=O) groups excluding carboxylic acids is 1. The highest BCUT2D eigenvalue weighted by Gasteiger charge is 2.26. The van der Waals surface area contributed by atoms with Gasteiger partial charge in [-0.15, -0.1) is 0 Å². The summed E-state index contributed by atoms with van der Waals surface area (Å²) in [5.74, 6) is 0.106. The van der Waals surface area contributed by atoms with E-state index in [2.05, 4.69) is 17.3 Å². The van der Waals surface area contributed by atoms with Gasteiger partial charge in [-0.25, -0.2) is 0 Å². The predicted octanol–water partition coefficient (Wildman–Crippen LogP) is 0.100. The van der Waals surface area contributed by atoms with E-state index in [0.717, 1.165) is 25.6 Å². The Morgan fingerprint density at radius 1 is 1.50 bits per heavy atom. The van der Waals surface area contributed by atoms with Crippen molar-refractivity contribution in [1.82, 2.24) is 10.2 Å². The van der Waals surface area contributed by atoms with Gasteiger partial charge in [-0.1, -0.05) is 12.2 Å². The zero-order valence-electron chi connectivity index (χ0n) is 9.86. The van der Waals surface area contributed by atoms with Crippen LogP contribution in [0.15, 0.2) is 12.2 Å². The normalized spacial score (nSPS) is 28.7. The molecule has 0 aliphatic heterocycles. The average molecular weight is 223 g/mol. The van der Waals surface area contributed by atoms with Gasteiger partial charge >= 0.3 is 0 Å². The zero-order valence-corrected chi connectivity index (χ0v) is 9.86. The predicted molar refractivity (Wildman–Crippen MR) is 63.9 cm³/mol. The van der Waals surface area contributed by atoms with Gasteiger partial charge in [0.1, 0.15) is 0 Å². The lowest BCUT2D eigenvalue weighted by atomic mass is 10.1. The topological polar surface area (TPSA) is 58.4 Å². The monoisotopic (exact) mass is 223 g/mol. The van der Waals surface area contributed by atoms with Crippen LogP contribution in [-0.4, -0.2) is 43.0 Å². The van der Waals surface area contributed by atoms with E-state index in [1.807, 2.05) is 12.2 Å². The number of nitrogens with zero attached hydrogens (tertiary/aromatic N) is 1.